The summed E-state index contributed by atoms with van der Waals surface area (Å²) in [6.07, 6.45) is 0.871. The topological polar surface area (TPSA) is 95.5 Å². The van der Waals surface area contributed by atoms with Crippen molar-refractivity contribution in [3.05, 3.63) is 29.8 Å². The Bertz CT molecular complexity index is 555. The lowest BCUT2D eigenvalue weighted by Crippen LogP contribution is -2.29. The van der Waals surface area contributed by atoms with E-state index in [1.807, 2.05) is 6.92 Å². The Hall–Kier alpha value is -1.44. The first kappa shape index (κ1) is 17.6. The average Bonchev–Trinajstić information content (AvgIpc) is 2.50. The number of hydrogen-bond acceptors (Lipinski definition) is 4. The van der Waals surface area contributed by atoms with E-state index in [0.29, 0.717) is 19.4 Å². The number of hydrogen-bond donors (Lipinski definition) is 3. The number of carbonyl (C=O) groups is 1. The van der Waals surface area contributed by atoms with Gasteiger partial charge in [0.05, 0.1) is 4.90 Å². The van der Waals surface area contributed by atoms with Crippen molar-refractivity contribution in [1.29, 1.82) is 0 Å². The minimum Gasteiger partial charge on any atom is -0.396 e. The molecule has 1 unspecified atom stereocenters. The van der Waals surface area contributed by atoms with Gasteiger partial charge < -0.3 is 10.4 Å². The average molecular weight is 314 g/mol. The van der Waals surface area contributed by atoms with Crippen LogP contribution in [0.1, 0.15) is 18.9 Å². The Morgan fingerprint density at radius 2 is 1.90 bits per heavy atom. The molecule has 0 heterocycles. The summed E-state index contributed by atoms with van der Waals surface area (Å²) in [5.74, 6) is -0.0396. The molecule has 0 fully saturated rings. The van der Waals surface area contributed by atoms with Gasteiger partial charge in [0, 0.05) is 19.6 Å². The molecule has 0 saturated heterocycles. The van der Waals surface area contributed by atoms with Gasteiger partial charge in [0.25, 0.3) is 0 Å². The van der Waals surface area contributed by atoms with E-state index in [2.05, 4.69) is 10.0 Å². The lowest BCUT2D eigenvalue weighted by atomic mass is 10.1. The van der Waals surface area contributed by atoms with Gasteiger partial charge in [0.2, 0.25) is 15.9 Å². The van der Waals surface area contributed by atoms with E-state index in [-0.39, 0.29) is 23.3 Å². The first-order valence-corrected chi connectivity index (χ1v) is 8.27. The largest absolute Gasteiger partial charge is 0.396 e. The van der Waals surface area contributed by atoms with Crippen molar-refractivity contribution in [3.63, 3.8) is 0 Å². The van der Waals surface area contributed by atoms with Crippen LogP contribution in [0.4, 0.5) is 0 Å². The van der Waals surface area contributed by atoms with E-state index in [1.54, 1.807) is 12.1 Å². The molecule has 0 saturated carbocycles. The molecule has 1 aromatic rings. The number of rotatable bonds is 8. The van der Waals surface area contributed by atoms with Crippen LogP contribution in [0.25, 0.3) is 0 Å². The third-order valence-corrected chi connectivity index (χ3v) is 4.53. The molecule has 0 aliphatic heterocycles. The predicted molar refractivity (Wildman–Crippen MR) is 80.3 cm³/mol. The van der Waals surface area contributed by atoms with Gasteiger partial charge in [-0.15, -0.1) is 0 Å². The van der Waals surface area contributed by atoms with Crippen LogP contribution in [-0.2, 0) is 21.2 Å². The minimum atomic E-state index is -3.42. The van der Waals surface area contributed by atoms with Crippen molar-refractivity contribution in [1.82, 2.24) is 10.0 Å². The highest BCUT2D eigenvalue weighted by Gasteiger charge is 2.11. The molecule has 1 amide bonds. The lowest BCUT2D eigenvalue weighted by molar-refractivity contribution is -0.121. The summed E-state index contributed by atoms with van der Waals surface area (Å²) in [5.41, 5.74) is 0.899. The quantitative estimate of drug-likeness (QED) is 0.642. The fraction of sp³-hybridized carbons (Fsp3) is 0.500. The Morgan fingerprint density at radius 1 is 1.29 bits per heavy atom. The van der Waals surface area contributed by atoms with E-state index in [9.17, 15) is 13.2 Å². The SMILES string of the molecule is CNS(=O)(=O)c1ccc(CCC(=O)NCC(C)CO)cc1. The Labute approximate surface area is 125 Å². The van der Waals surface area contributed by atoms with Crippen LogP contribution in [0.2, 0.25) is 0 Å². The summed E-state index contributed by atoms with van der Waals surface area (Å²) in [5, 5.41) is 11.6. The number of aryl methyl sites for hydroxylation is 1. The van der Waals surface area contributed by atoms with E-state index < -0.39 is 10.0 Å². The monoisotopic (exact) mass is 314 g/mol. The van der Waals surface area contributed by atoms with Gasteiger partial charge in [-0.3, -0.25) is 4.79 Å². The smallest absolute Gasteiger partial charge is 0.240 e. The lowest BCUT2D eigenvalue weighted by Gasteiger charge is -2.09. The van der Waals surface area contributed by atoms with Gasteiger partial charge in [-0.1, -0.05) is 19.1 Å². The molecule has 0 bridgehead atoms. The van der Waals surface area contributed by atoms with Crippen molar-refractivity contribution in [3.8, 4) is 0 Å². The minimum absolute atomic E-state index is 0.0417. The zero-order chi connectivity index (χ0) is 15.9. The molecule has 1 atom stereocenters. The number of aliphatic hydroxyl groups is 1. The second-order valence-corrected chi connectivity index (χ2v) is 6.83. The van der Waals surface area contributed by atoms with E-state index >= 15 is 0 Å². The first-order chi connectivity index (χ1) is 9.89. The van der Waals surface area contributed by atoms with Crippen molar-refractivity contribution >= 4 is 15.9 Å². The summed E-state index contributed by atoms with van der Waals surface area (Å²) in [6, 6.07) is 6.45. The molecule has 118 valence electrons. The van der Waals surface area contributed by atoms with Crippen molar-refractivity contribution in [2.75, 3.05) is 20.2 Å². The number of carbonyl (C=O) groups excluding carboxylic acids is 1. The van der Waals surface area contributed by atoms with E-state index in [0.717, 1.165) is 5.56 Å². The maximum absolute atomic E-state index is 11.6. The number of amides is 1. The number of sulfonamides is 1. The zero-order valence-corrected chi connectivity index (χ0v) is 13.1. The standard InChI is InChI=1S/C14H22N2O4S/c1-11(10-17)9-16-14(18)8-5-12-3-6-13(7-4-12)21(19,20)15-2/h3-4,6-7,11,15,17H,5,8-10H2,1-2H3,(H,16,18). The third-order valence-electron chi connectivity index (χ3n) is 3.10. The Morgan fingerprint density at radius 3 is 2.43 bits per heavy atom. The highest BCUT2D eigenvalue weighted by atomic mass is 32.2. The van der Waals surface area contributed by atoms with Crippen LogP contribution in [0.5, 0.6) is 0 Å². The van der Waals surface area contributed by atoms with Crippen molar-refractivity contribution in [2.45, 2.75) is 24.7 Å². The van der Waals surface area contributed by atoms with E-state index in [4.69, 9.17) is 5.11 Å². The molecule has 0 aliphatic carbocycles. The molecule has 7 heteroatoms. The molecule has 1 rings (SSSR count). The number of nitrogens with one attached hydrogen (secondary N) is 2. The summed E-state index contributed by atoms with van der Waals surface area (Å²) in [7, 11) is -2.06. The van der Waals surface area contributed by atoms with Gasteiger partial charge in [0.1, 0.15) is 0 Å². The van der Waals surface area contributed by atoms with Crippen LogP contribution >= 0.6 is 0 Å². The second kappa shape index (κ2) is 8.11. The van der Waals surface area contributed by atoms with Gasteiger partial charge >= 0.3 is 0 Å². The highest BCUT2D eigenvalue weighted by molar-refractivity contribution is 7.89. The van der Waals surface area contributed by atoms with Crippen LogP contribution in [0.15, 0.2) is 29.2 Å². The van der Waals surface area contributed by atoms with Crippen LogP contribution < -0.4 is 10.0 Å². The maximum atomic E-state index is 11.6. The molecule has 3 N–H and O–H groups in total. The molecule has 0 radical (unpaired) electrons. The number of aliphatic hydroxyl groups excluding tert-OH is 1. The van der Waals surface area contributed by atoms with Gasteiger partial charge in [0.15, 0.2) is 0 Å². The summed E-state index contributed by atoms with van der Waals surface area (Å²) in [4.78, 5) is 11.8. The molecule has 0 aromatic heterocycles. The molecular formula is C14H22N2O4S. The Balaban J connectivity index is 2.48. The highest BCUT2D eigenvalue weighted by Crippen LogP contribution is 2.11. The molecule has 0 aliphatic rings. The number of benzene rings is 1. The molecule has 0 spiro atoms. The third kappa shape index (κ3) is 5.82. The second-order valence-electron chi connectivity index (χ2n) is 4.94. The van der Waals surface area contributed by atoms with Gasteiger partial charge in [-0.05, 0) is 37.1 Å². The first-order valence-electron chi connectivity index (χ1n) is 6.79. The summed E-state index contributed by atoms with van der Waals surface area (Å²) < 4.78 is 25.4. The summed E-state index contributed by atoms with van der Waals surface area (Å²) in [6.45, 7) is 2.34. The van der Waals surface area contributed by atoms with E-state index in [1.165, 1.54) is 19.2 Å². The van der Waals surface area contributed by atoms with Crippen molar-refractivity contribution in [2.24, 2.45) is 5.92 Å². The van der Waals surface area contributed by atoms with Crippen molar-refractivity contribution < 1.29 is 18.3 Å². The molecule has 6 nitrogen and oxygen atoms in total. The molecule has 1 aromatic carbocycles. The maximum Gasteiger partial charge on any atom is 0.240 e. The predicted octanol–water partition coefficient (Wildman–Crippen LogP) is 0.272. The normalized spacial score (nSPS) is 12.9. The fourth-order valence-electron chi connectivity index (χ4n) is 1.65. The van der Waals surface area contributed by atoms with Gasteiger partial charge in [-0.25, -0.2) is 13.1 Å². The van der Waals surface area contributed by atoms with Crippen LogP contribution in [0, 0.1) is 5.92 Å². The van der Waals surface area contributed by atoms with Gasteiger partial charge in [-0.2, -0.15) is 0 Å². The summed E-state index contributed by atoms with van der Waals surface area (Å²) >= 11 is 0. The Kier molecular flexibility index (Phi) is 6.80. The molecular weight excluding hydrogens is 292 g/mol. The fourth-order valence-corrected chi connectivity index (χ4v) is 2.38. The zero-order valence-electron chi connectivity index (χ0n) is 12.3. The molecule has 21 heavy (non-hydrogen) atoms. The van der Waals surface area contributed by atoms with Crippen LogP contribution in [-0.4, -0.2) is 39.6 Å². The van der Waals surface area contributed by atoms with Crippen LogP contribution in [0.3, 0.4) is 0 Å².